The van der Waals surface area contributed by atoms with Crippen LogP contribution in [0.4, 0.5) is 0 Å². The number of aryl methyl sites for hydroxylation is 1. The molecule has 2 rings (SSSR count). The van der Waals surface area contributed by atoms with E-state index in [-0.39, 0.29) is 0 Å². The first-order chi connectivity index (χ1) is 6.84. The molecule has 14 heavy (non-hydrogen) atoms. The minimum Gasteiger partial charge on any atom is -0.378 e. The van der Waals surface area contributed by atoms with Crippen molar-refractivity contribution in [3.8, 4) is 0 Å². The molecule has 1 fully saturated rings. The second kappa shape index (κ2) is 4.61. The Bertz CT molecular complexity index is 268. The highest BCUT2D eigenvalue weighted by Gasteiger charge is 2.21. The summed E-state index contributed by atoms with van der Waals surface area (Å²) in [7, 11) is 0. The lowest BCUT2D eigenvalue weighted by Crippen LogP contribution is -2.06. The van der Waals surface area contributed by atoms with Crippen LogP contribution in [0.5, 0.6) is 0 Å². The predicted octanol–water partition coefficient (Wildman–Crippen LogP) is 3.04. The van der Waals surface area contributed by atoms with Gasteiger partial charge in [-0.1, -0.05) is 37.3 Å². The maximum Gasteiger partial charge on any atom is 0.0581 e. The molecule has 1 aromatic carbocycles. The van der Waals surface area contributed by atoms with Gasteiger partial charge in [-0.3, -0.25) is 0 Å². The number of hydrogen-bond acceptors (Lipinski definition) is 1. The minimum atomic E-state index is 0.505. The highest BCUT2D eigenvalue weighted by atomic mass is 16.5. The molecule has 76 valence electrons. The van der Waals surface area contributed by atoms with Gasteiger partial charge in [0.05, 0.1) is 6.10 Å². The molecule has 1 aromatic rings. The summed E-state index contributed by atoms with van der Waals surface area (Å²) >= 11 is 0. The Morgan fingerprint density at radius 3 is 2.71 bits per heavy atom. The van der Waals surface area contributed by atoms with E-state index in [1.807, 2.05) is 0 Å². The Hall–Kier alpha value is -0.820. The van der Waals surface area contributed by atoms with Gasteiger partial charge in [0.1, 0.15) is 0 Å². The Kier molecular flexibility index (Phi) is 3.20. The minimum absolute atomic E-state index is 0.505. The summed E-state index contributed by atoms with van der Waals surface area (Å²) in [5, 5.41) is 0. The Labute approximate surface area is 86.1 Å². The zero-order chi connectivity index (χ0) is 9.80. The monoisotopic (exact) mass is 190 g/mol. The van der Waals surface area contributed by atoms with E-state index in [9.17, 15) is 0 Å². The molecule has 0 aromatic heterocycles. The second-order valence-corrected chi connectivity index (χ2v) is 4.32. The van der Waals surface area contributed by atoms with Crippen LogP contribution in [0.2, 0.25) is 0 Å². The van der Waals surface area contributed by atoms with Crippen molar-refractivity contribution in [3.05, 3.63) is 35.9 Å². The van der Waals surface area contributed by atoms with Gasteiger partial charge >= 0.3 is 0 Å². The SMILES string of the molecule is CC1COC(CCc2ccccc2)C1. The van der Waals surface area contributed by atoms with Gasteiger partial charge in [0.15, 0.2) is 0 Å². The molecule has 0 spiro atoms. The first kappa shape index (κ1) is 9.72. The molecule has 2 atom stereocenters. The zero-order valence-corrected chi connectivity index (χ0v) is 8.78. The fourth-order valence-electron chi connectivity index (χ4n) is 2.06. The molecular weight excluding hydrogens is 172 g/mol. The highest BCUT2D eigenvalue weighted by molar-refractivity contribution is 5.14. The van der Waals surface area contributed by atoms with E-state index in [0.29, 0.717) is 6.10 Å². The predicted molar refractivity (Wildman–Crippen MR) is 58.3 cm³/mol. The second-order valence-electron chi connectivity index (χ2n) is 4.32. The Morgan fingerprint density at radius 1 is 1.29 bits per heavy atom. The summed E-state index contributed by atoms with van der Waals surface area (Å²) in [5.74, 6) is 0.760. The highest BCUT2D eigenvalue weighted by Crippen LogP contribution is 2.22. The summed E-state index contributed by atoms with van der Waals surface area (Å²) in [4.78, 5) is 0. The van der Waals surface area contributed by atoms with Crippen LogP contribution in [0.25, 0.3) is 0 Å². The van der Waals surface area contributed by atoms with Crippen molar-refractivity contribution in [2.75, 3.05) is 6.61 Å². The third kappa shape index (κ3) is 2.58. The standard InChI is InChI=1S/C13H18O/c1-11-9-13(14-10-11)8-7-12-5-3-2-4-6-12/h2-6,11,13H,7-10H2,1H3. The van der Waals surface area contributed by atoms with E-state index in [1.54, 1.807) is 0 Å². The lowest BCUT2D eigenvalue weighted by atomic mass is 10.0. The quantitative estimate of drug-likeness (QED) is 0.712. The summed E-state index contributed by atoms with van der Waals surface area (Å²) in [6.45, 7) is 3.22. The number of benzene rings is 1. The van der Waals surface area contributed by atoms with Crippen molar-refractivity contribution in [1.82, 2.24) is 0 Å². The molecule has 0 N–H and O–H groups in total. The molecule has 1 aliphatic heterocycles. The average molecular weight is 190 g/mol. The van der Waals surface area contributed by atoms with E-state index in [0.717, 1.165) is 18.9 Å². The van der Waals surface area contributed by atoms with Gasteiger partial charge in [-0.2, -0.15) is 0 Å². The Morgan fingerprint density at radius 2 is 2.07 bits per heavy atom. The molecule has 0 radical (unpaired) electrons. The van der Waals surface area contributed by atoms with Crippen molar-refractivity contribution in [2.45, 2.75) is 32.3 Å². The van der Waals surface area contributed by atoms with Crippen LogP contribution in [0.1, 0.15) is 25.3 Å². The van der Waals surface area contributed by atoms with Gasteiger partial charge in [-0.15, -0.1) is 0 Å². The number of hydrogen-bond donors (Lipinski definition) is 0. The lowest BCUT2D eigenvalue weighted by molar-refractivity contribution is 0.101. The van der Waals surface area contributed by atoms with E-state index in [4.69, 9.17) is 4.74 Å². The van der Waals surface area contributed by atoms with Crippen LogP contribution in [0.15, 0.2) is 30.3 Å². The van der Waals surface area contributed by atoms with Crippen LogP contribution in [-0.4, -0.2) is 12.7 Å². The molecular formula is C13H18O. The summed E-state index contributed by atoms with van der Waals surface area (Å²) in [6.07, 6.45) is 4.07. The summed E-state index contributed by atoms with van der Waals surface area (Å²) in [5.41, 5.74) is 1.43. The van der Waals surface area contributed by atoms with Crippen molar-refractivity contribution in [3.63, 3.8) is 0 Å². The van der Waals surface area contributed by atoms with Gasteiger partial charge in [-0.25, -0.2) is 0 Å². The molecule has 1 nitrogen and oxygen atoms in total. The largest absolute Gasteiger partial charge is 0.378 e. The summed E-state index contributed by atoms with van der Waals surface area (Å²) < 4.78 is 5.69. The third-order valence-electron chi connectivity index (χ3n) is 2.88. The molecule has 1 aliphatic rings. The number of rotatable bonds is 3. The van der Waals surface area contributed by atoms with E-state index >= 15 is 0 Å². The van der Waals surface area contributed by atoms with Gasteiger partial charge in [-0.05, 0) is 30.7 Å². The fraction of sp³-hybridized carbons (Fsp3) is 0.538. The molecule has 0 aliphatic carbocycles. The summed E-state index contributed by atoms with van der Waals surface area (Å²) in [6, 6.07) is 10.7. The van der Waals surface area contributed by atoms with Gasteiger partial charge in [0.25, 0.3) is 0 Å². The molecule has 1 saturated heterocycles. The molecule has 0 amide bonds. The zero-order valence-electron chi connectivity index (χ0n) is 8.78. The first-order valence-corrected chi connectivity index (χ1v) is 5.50. The topological polar surface area (TPSA) is 9.23 Å². The fourth-order valence-corrected chi connectivity index (χ4v) is 2.06. The maximum atomic E-state index is 5.69. The maximum absolute atomic E-state index is 5.69. The van der Waals surface area contributed by atoms with Crippen LogP contribution >= 0.6 is 0 Å². The normalized spacial score (nSPS) is 26.6. The van der Waals surface area contributed by atoms with Gasteiger partial charge < -0.3 is 4.74 Å². The lowest BCUT2D eigenvalue weighted by Gasteiger charge is -2.08. The van der Waals surface area contributed by atoms with E-state index < -0.39 is 0 Å². The Balaban J connectivity index is 1.78. The van der Waals surface area contributed by atoms with Crippen molar-refractivity contribution in [1.29, 1.82) is 0 Å². The number of ether oxygens (including phenoxy) is 1. The third-order valence-corrected chi connectivity index (χ3v) is 2.88. The van der Waals surface area contributed by atoms with E-state index in [1.165, 1.54) is 18.4 Å². The van der Waals surface area contributed by atoms with Gasteiger partial charge in [0, 0.05) is 6.61 Å². The molecule has 2 unspecified atom stereocenters. The van der Waals surface area contributed by atoms with Crippen LogP contribution in [0, 0.1) is 5.92 Å². The van der Waals surface area contributed by atoms with Crippen LogP contribution in [-0.2, 0) is 11.2 Å². The van der Waals surface area contributed by atoms with Crippen LogP contribution < -0.4 is 0 Å². The van der Waals surface area contributed by atoms with Crippen molar-refractivity contribution < 1.29 is 4.74 Å². The van der Waals surface area contributed by atoms with Gasteiger partial charge in [0.2, 0.25) is 0 Å². The molecule has 0 bridgehead atoms. The average Bonchev–Trinajstić information content (AvgIpc) is 2.63. The molecule has 1 heteroatoms. The van der Waals surface area contributed by atoms with Crippen molar-refractivity contribution in [2.24, 2.45) is 5.92 Å². The van der Waals surface area contributed by atoms with E-state index in [2.05, 4.69) is 37.3 Å². The van der Waals surface area contributed by atoms with Crippen LogP contribution in [0.3, 0.4) is 0 Å². The molecule has 1 heterocycles. The molecule has 0 saturated carbocycles. The smallest absolute Gasteiger partial charge is 0.0581 e. The first-order valence-electron chi connectivity index (χ1n) is 5.50. The van der Waals surface area contributed by atoms with Crippen molar-refractivity contribution >= 4 is 0 Å².